The predicted octanol–water partition coefficient (Wildman–Crippen LogP) is 5.68. The molecule has 0 spiro atoms. The number of para-hydroxylation sites is 1. The summed E-state index contributed by atoms with van der Waals surface area (Å²) in [6.45, 7) is 2.13. The van der Waals surface area contributed by atoms with Gasteiger partial charge in [-0.3, -0.25) is 19.3 Å². The number of carbonyl (C=O) groups excluding carboxylic acids is 1. The lowest BCUT2D eigenvalue weighted by atomic mass is 10.0. The molecule has 2 aromatic heterocycles. The normalized spacial score (nSPS) is 13.7. The maximum atomic E-state index is 15.2. The summed E-state index contributed by atoms with van der Waals surface area (Å²) in [5.41, 5.74) is 1.33. The number of hydrogen-bond donors (Lipinski definition) is 1. The van der Waals surface area contributed by atoms with Crippen molar-refractivity contribution in [1.29, 1.82) is 0 Å². The number of ketones is 1. The quantitative estimate of drug-likeness (QED) is 0.218. The van der Waals surface area contributed by atoms with Gasteiger partial charge in [-0.25, -0.2) is 9.07 Å². The number of aliphatic hydroxyl groups is 1. The number of benzene rings is 3. The van der Waals surface area contributed by atoms with Crippen LogP contribution in [0.4, 0.5) is 4.39 Å². The van der Waals surface area contributed by atoms with E-state index >= 15 is 4.39 Å². The third-order valence-corrected chi connectivity index (χ3v) is 7.75. The SMILES string of the molecule is Cc1c(C(=O)Cc2ccc(Oc3ccnc4cc(OCCC5(O)CC5)ccc34)c(F)c2)c(=O)n(-c2ccccc2)n1C. The summed E-state index contributed by atoms with van der Waals surface area (Å²) < 4.78 is 30.0. The monoisotopic (exact) mass is 567 g/mol. The molecule has 0 amide bonds. The molecule has 8 nitrogen and oxygen atoms in total. The van der Waals surface area contributed by atoms with E-state index in [-0.39, 0.29) is 23.5 Å². The smallest absolute Gasteiger partial charge is 0.282 e. The molecule has 2 heterocycles. The van der Waals surface area contributed by atoms with Gasteiger partial charge in [-0.05, 0) is 67.8 Å². The zero-order valence-corrected chi connectivity index (χ0v) is 23.3. The Bertz CT molecular complexity index is 1860. The molecule has 42 heavy (non-hydrogen) atoms. The molecule has 0 saturated heterocycles. The van der Waals surface area contributed by atoms with Crippen molar-refractivity contribution in [3.05, 3.63) is 112 Å². The topological polar surface area (TPSA) is 95.6 Å². The van der Waals surface area contributed by atoms with E-state index in [9.17, 15) is 14.7 Å². The number of fused-ring (bicyclic) bond motifs is 1. The highest BCUT2D eigenvalue weighted by Gasteiger charge is 2.39. The highest BCUT2D eigenvalue weighted by atomic mass is 19.1. The standard InChI is InChI=1S/C33H30FN3O5/c1-21-31(32(39)37(36(21)2)23-6-4-3-5-7-23)28(38)19-22-8-11-30(26(34)18-22)42-29-12-16-35-27-20-24(9-10-25(27)29)41-17-15-33(40)13-14-33/h3-12,16,18,20,40H,13-15,17,19H2,1-2H3. The van der Waals surface area contributed by atoms with E-state index < -0.39 is 17.0 Å². The van der Waals surface area contributed by atoms with Crippen molar-refractivity contribution in [2.45, 2.75) is 38.2 Å². The van der Waals surface area contributed by atoms with E-state index in [1.807, 2.05) is 18.2 Å². The molecule has 214 valence electrons. The molecule has 0 bridgehead atoms. The third-order valence-electron chi connectivity index (χ3n) is 7.75. The van der Waals surface area contributed by atoms with Crippen molar-refractivity contribution in [1.82, 2.24) is 14.3 Å². The van der Waals surface area contributed by atoms with Gasteiger partial charge in [-0.2, -0.15) is 0 Å². The number of halogens is 1. The Morgan fingerprint density at radius 2 is 1.83 bits per heavy atom. The van der Waals surface area contributed by atoms with Crippen LogP contribution < -0.4 is 15.0 Å². The first-order valence-corrected chi connectivity index (χ1v) is 13.8. The molecule has 0 aliphatic heterocycles. The van der Waals surface area contributed by atoms with Gasteiger partial charge >= 0.3 is 0 Å². The van der Waals surface area contributed by atoms with Crippen molar-refractivity contribution in [2.24, 2.45) is 7.05 Å². The van der Waals surface area contributed by atoms with Crippen LogP contribution in [0.25, 0.3) is 16.6 Å². The lowest BCUT2D eigenvalue weighted by molar-refractivity contribution is 0.0991. The van der Waals surface area contributed by atoms with E-state index in [0.29, 0.717) is 52.4 Å². The second-order valence-electron chi connectivity index (χ2n) is 10.7. The van der Waals surface area contributed by atoms with Gasteiger partial charge < -0.3 is 14.6 Å². The Labute approximate surface area is 241 Å². The van der Waals surface area contributed by atoms with Crippen LogP contribution in [0.1, 0.15) is 40.9 Å². The fourth-order valence-electron chi connectivity index (χ4n) is 5.05. The molecule has 0 atom stereocenters. The molecule has 1 fully saturated rings. The second kappa shape index (κ2) is 10.9. The molecule has 0 unspecified atom stereocenters. The summed E-state index contributed by atoms with van der Waals surface area (Å²) in [4.78, 5) is 30.8. The Morgan fingerprint density at radius 3 is 2.57 bits per heavy atom. The van der Waals surface area contributed by atoms with Gasteiger partial charge in [0.05, 0.1) is 23.4 Å². The minimum Gasteiger partial charge on any atom is -0.493 e. The zero-order valence-electron chi connectivity index (χ0n) is 23.3. The van der Waals surface area contributed by atoms with Crippen molar-refractivity contribution in [3.8, 4) is 22.9 Å². The van der Waals surface area contributed by atoms with Gasteiger partial charge in [0.25, 0.3) is 5.56 Å². The maximum absolute atomic E-state index is 15.2. The van der Waals surface area contributed by atoms with Crippen molar-refractivity contribution >= 4 is 16.7 Å². The van der Waals surface area contributed by atoms with Crippen molar-refractivity contribution < 1.29 is 23.8 Å². The van der Waals surface area contributed by atoms with Crippen molar-refractivity contribution in [2.75, 3.05) is 6.61 Å². The molecule has 6 rings (SSSR count). The fourth-order valence-corrected chi connectivity index (χ4v) is 5.05. The number of ether oxygens (including phenoxy) is 2. The highest BCUT2D eigenvalue weighted by Crippen LogP contribution is 2.38. The van der Waals surface area contributed by atoms with Gasteiger partial charge in [-0.15, -0.1) is 0 Å². The number of hydrogen-bond acceptors (Lipinski definition) is 6. The average Bonchev–Trinajstić information content (AvgIpc) is 3.66. The first-order valence-electron chi connectivity index (χ1n) is 13.8. The number of nitrogens with zero attached hydrogens (tertiary/aromatic N) is 3. The summed E-state index contributed by atoms with van der Waals surface area (Å²) in [5.74, 6) is 0.0257. The van der Waals surface area contributed by atoms with Crippen LogP contribution in [0.5, 0.6) is 17.2 Å². The molecule has 1 saturated carbocycles. The molecule has 1 aliphatic carbocycles. The molecular weight excluding hydrogens is 537 g/mol. The number of Topliss-reactive ketones (excluding diaryl/α,β-unsaturated/α-hetero) is 1. The van der Waals surface area contributed by atoms with Crippen LogP contribution in [-0.4, -0.2) is 37.4 Å². The Kier molecular flexibility index (Phi) is 7.12. The van der Waals surface area contributed by atoms with E-state index in [4.69, 9.17) is 9.47 Å². The minimum atomic E-state index is -0.630. The average molecular weight is 568 g/mol. The second-order valence-corrected chi connectivity index (χ2v) is 10.7. The Hall–Kier alpha value is -4.76. The van der Waals surface area contributed by atoms with Crippen molar-refractivity contribution in [3.63, 3.8) is 0 Å². The number of pyridine rings is 1. The van der Waals surface area contributed by atoms with Gasteiger partial charge in [0.2, 0.25) is 0 Å². The van der Waals surface area contributed by atoms with Crippen LogP contribution in [0.2, 0.25) is 0 Å². The van der Waals surface area contributed by atoms with E-state index in [1.165, 1.54) is 16.8 Å². The molecule has 5 aromatic rings. The number of carbonyl (C=O) groups is 1. The van der Waals surface area contributed by atoms with Crippen LogP contribution in [0.15, 0.2) is 83.8 Å². The van der Waals surface area contributed by atoms with E-state index in [1.54, 1.807) is 67.3 Å². The molecule has 1 N–H and O–H groups in total. The highest BCUT2D eigenvalue weighted by molar-refractivity contribution is 5.98. The van der Waals surface area contributed by atoms with Gasteiger partial charge in [0.1, 0.15) is 17.1 Å². The lowest BCUT2D eigenvalue weighted by Gasteiger charge is -2.12. The number of rotatable bonds is 10. The third kappa shape index (κ3) is 5.43. The fraction of sp³-hybridized carbons (Fsp3) is 0.242. The molecule has 3 aromatic carbocycles. The molecule has 0 radical (unpaired) electrons. The first-order chi connectivity index (χ1) is 20.2. The van der Waals surface area contributed by atoms with Gasteiger partial charge in [0.15, 0.2) is 17.3 Å². The van der Waals surface area contributed by atoms with Gasteiger partial charge in [-0.1, -0.05) is 24.3 Å². The maximum Gasteiger partial charge on any atom is 0.282 e. The van der Waals surface area contributed by atoms with Crippen LogP contribution >= 0.6 is 0 Å². The summed E-state index contributed by atoms with van der Waals surface area (Å²) >= 11 is 0. The summed E-state index contributed by atoms with van der Waals surface area (Å²) in [7, 11) is 1.73. The summed E-state index contributed by atoms with van der Waals surface area (Å²) in [6.07, 6.45) is 3.65. The largest absolute Gasteiger partial charge is 0.493 e. The lowest BCUT2D eigenvalue weighted by Crippen LogP contribution is -2.23. The van der Waals surface area contributed by atoms with Crippen LogP contribution in [0, 0.1) is 12.7 Å². The molecule has 1 aliphatic rings. The Balaban J connectivity index is 1.18. The van der Waals surface area contributed by atoms with E-state index in [0.717, 1.165) is 12.8 Å². The molecule has 9 heteroatoms. The van der Waals surface area contributed by atoms with Crippen LogP contribution in [0.3, 0.4) is 0 Å². The summed E-state index contributed by atoms with van der Waals surface area (Å²) in [5, 5.41) is 10.7. The molecular formula is C33H30FN3O5. The minimum absolute atomic E-state index is 0.000900. The number of aromatic nitrogens is 3. The zero-order chi connectivity index (χ0) is 29.4. The van der Waals surface area contributed by atoms with Gasteiger partial charge in [0, 0.05) is 43.2 Å². The van der Waals surface area contributed by atoms with Crippen LogP contribution in [-0.2, 0) is 13.5 Å². The summed E-state index contributed by atoms with van der Waals surface area (Å²) in [6, 6.07) is 20.5. The first kappa shape index (κ1) is 27.4. The Morgan fingerprint density at radius 1 is 1.05 bits per heavy atom. The van der Waals surface area contributed by atoms with E-state index in [2.05, 4.69) is 4.98 Å². The predicted molar refractivity (Wildman–Crippen MR) is 156 cm³/mol.